The van der Waals surface area contributed by atoms with Crippen molar-refractivity contribution in [2.75, 3.05) is 6.61 Å². The second-order valence-electron chi connectivity index (χ2n) is 2.76. The summed E-state index contributed by atoms with van der Waals surface area (Å²) < 4.78 is 12.5. The quantitative estimate of drug-likeness (QED) is 0.738. The molecule has 1 atom stereocenters. The Morgan fingerprint density at radius 1 is 1.29 bits per heavy atom. The molecule has 0 saturated carbocycles. The number of nitrogens with zero attached hydrogens (tertiary/aromatic N) is 1. The van der Waals surface area contributed by atoms with Crippen molar-refractivity contribution in [1.29, 1.82) is 5.26 Å². The Morgan fingerprint density at radius 2 is 1.93 bits per heavy atom. The zero-order valence-electron chi connectivity index (χ0n) is 6.96. The monoisotopic (exact) mass is 317 g/mol. The number of halogens is 2. The van der Waals surface area contributed by atoms with Crippen molar-refractivity contribution in [3.8, 4) is 17.6 Å². The van der Waals surface area contributed by atoms with E-state index in [1.807, 2.05) is 12.1 Å². The Morgan fingerprint density at radius 3 is 2.57 bits per heavy atom. The third-order valence-corrected chi connectivity index (χ3v) is 3.63. The van der Waals surface area contributed by atoms with Crippen molar-refractivity contribution < 1.29 is 9.47 Å². The maximum atomic E-state index is 8.66. The molecule has 0 fully saturated rings. The Labute approximate surface area is 97.9 Å². The van der Waals surface area contributed by atoms with E-state index in [1.165, 1.54) is 0 Å². The van der Waals surface area contributed by atoms with Crippen molar-refractivity contribution in [1.82, 2.24) is 0 Å². The highest BCUT2D eigenvalue weighted by molar-refractivity contribution is 9.13. The van der Waals surface area contributed by atoms with Gasteiger partial charge in [-0.05, 0) is 44.0 Å². The van der Waals surface area contributed by atoms with Gasteiger partial charge in [-0.25, -0.2) is 0 Å². The fraction of sp³-hybridized carbons (Fsp3) is 0.222. The van der Waals surface area contributed by atoms with E-state index in [0.29, 0.717) is 11.5 Å². The normalized spacial score (nSPS) is 18.8. The molecule has 72 valence electrons. The van der Waals surface area contributed by atoms with Crippen LogP contribution < -0.4 is 9.47 Å². The smallest absolute Gasteiger partial charge is 0.218 e. The van der Waals surface area contributed by atoms with Crippen molar-refractivity contribution in [2.24, 2.45) is 0 Å². The van der Waals surface area contributed by atoms with Crippen LogP contribution in [0, 0.1) is 11.3 Å². The summed E-state index contributed by atoms with van der Waals surface area (Å²) >= 11 is 6.71. The number of fused-ring (bicyclic) bond motifs is 1. The van der Waals surface area contributed by atoms with Crippen molar-refractivity contribution in [2.45, 2.75) is 6.10 Å². The molecule has 1 aromatic rings. The lowest BCUT2D eigenvalue weighted by atomic mass is 10.3. The first-order valence-corrected chi connectivity index (χ1v) is 5.47. The van der Waals surface area contributed by atoms with Gasteiger partial charge >= 0.3 is 0 Å². The standard InChI is InChI=1S/C9H5Br2NO2/c10-6-1-8-9(2-7(6)11)14-5(3-12)4-13-8/h1-2,5H,4H2. The van der Waals surface area contributed by atoms with Gasteiger partial charge in [-0.2, -0.15) is 5.26 Å². The molecule has 0 N–H and O–H groups in total. The second kappa shape index (κ2) is 3.79. The van der Waals surface area contributed by atoms with Crippen LogP contribution in [0.3, 0.4) is 0 Å². The zero-order valence-corrected chi connectivity index (χ0v) is 10.1. The van der Waals surface area contributed by atoms with Crippen LogP contribution in [-0.4, -0.2) is 12.7 Å². The summed E-state index contributed by atoms with van der Waals surface area (Å²) in [5.74, 6) is 1.25. The van der Waals surface area contributed by atoms with Gasteiger partial charge in [0.25, 0.3) is 0 Å². The minimum atomic E-state index is -0.518. The first-order chi connectivity index (χ1) is 6.70. The minimum Gasteiger partial charge on any atom is -0.485 e. The minimum absolute atomic E-state index is 0.275. The molecule has 1 aliphatic rings. The zero-order chi connectivity index (χ0) is 10.1. The lowest BCUT2D eigenvalue weighted by Crippen LogP contribution is -2.27. The molecule has 0 amide bonds. The Kier molecular flexibility index (Phi) is 2.66. The molecule has 14 heavy (non-hydrogen) atoms. The summed E-state index contributed by atoms with van der Waals surface area (Å²) in [5.41, 5.74) is 0. The molecule has 0 aliphatic carbocycles. The Bertz CT molecular complexity index is 414. The predicted molar refractivity (Wildman–Crippen MR) is 57.4 cm³/mol. The van der Waals surface area contributed by atoms with Crippen LogP contribution in [-0.2, 0) is 0 Å². The molecule has 0 saturated heterocycles. The molecule has 1 heterocycles. The lowest BCUT2D eigenvalue weighted by Gasteiger charge is -2.22. The van der Waals surface area contributed by atoms with Crippen molar-refractivity contribution >= 4 is 31.9 Å². The molecule has 2 rings (SSSR count). The number of benzene rings is 1. The van der Waals surface area contributed by atoms with Gasteiger partial charge in [-0.1, -0.05) is 0 Å². The van der Waals surface area contributed by atoms with Gasteiger partial charge in [0, 0.05) is 8.95 Å². The molecule has 1 aromatic carbocycles. The average Bonchev–Trinajstić information content (AvgIpc) is 2.19. The molecule has 3 nitrogen and oxygen atoms in total. The summed E-state index contributed by atoms with van der Waals surface area (Å²) in [6.07, 6.45) is -0.518. The summed E-state index contributed by atoms with van der Waals surface area (Å²) in [5, 5.41) is 8.66. The highest BCUT2D eigenvalue weighted by Crippen LogP contribution is 2.38. The summed E-state index contributed by atoms with van der Waals surface area (Å²) in [6.45, 7) is 0.275. The summed E-state index contributed by atoms with van der Waals surface area (Å²) in [4.78, 5) is 0. The van der Waals surface area contributed by atoms with Gasteiger partial charge < -0.3 is 9.47 Å². The molecule has 0 bridgehead atoms. The maximum absolute atomic E-state index is 8.66. The van der Waals surface area contributed by atoms with E-state index in [4.69, 9.17) is 14.7 Å². The van der Waals surface area contributed by atoms with Gasteiger partial charge in [0.1, 0.15) is 12.7 Å². The molecule has 1 unspecified atom stereocenters. The molecule has 0 spiro atoms. The Hall–Kier alpha value is -0.730. The maximum Gasteiger partial charge on any atom is 0.218 e. The Balaban J connectivity index is 2.39. The number of nitriles is 1. The van der Waals surface area contributed by atoms with E-state index in [0.717, 1.165) is 8.95 Å². The van der Waals surface area contributed by atoms with Crippen LogP contribution in [0.2, 0.25) is 0 Å². The third-order valence-electron chi connectivity index (χ3n) is 1.79. The fourth-order valence-corrected chi connectivity index (χ4v) is 1.78. The van der Waals surface area contributed by atoms with Gasteiger partial charge in [0.15, 0.2) is 11.5 Å². The number of hydrogen-bond donors (Lipinski definition) is 0. The van der Waals surface area contributed by atoms with Crippen LogP contribution in [0.15, 0.2) is 21.1 Å². The van der Waals surface area contributed by atoms with Crippen LogP contribution in [0.5, 0.6) is 11.5 Å². The highest BCUT2D eigenvalue weighted by Gasteiger charge is 2.21. The van der Waals surface area contributed by atoms with E-state index >= 15 is 0 Å². The van der Waals surface area contributed by atoms with E-state index in [9.17, 15) is 0 Å². The number of ether oxygens (including phenoxy) is 2. The molecule has 5 heteroatoms. The van der Waals surface area contributed by atoms with Crippen LogP contribution in [0.4, 0.5) is 0 Å². The predicted octanol–water partition coefficient (Wildman–Crippen LogP) is 2.87. The first-order valence-electron chi connectivity index (χ1n) is 3.89. The molecular weight excluding hydrogens is 314 g/mol. The van der Waals surface area contributed by atoms with Gasteiger partial charge in [0.05, 0.1) is 0 Å². The summed E-state index contributed by atoms with van der Waals surface area (Å²) in [6, 6.07) is 5.60. The van der Waals surface area contributed by atoms with E-state index < -0.39 is 6.10 Å². The molecule has 1 aliphatic heterocycles. The van der Waals surface area contributed by atoms with E-state index in [2.05, 4.69) is 31.9 Å². The molecule has 0 aromatic heterocycles. The number of hydrogen-bond acceptors (Lipinski definition) is 3. The van der Waals surface area contributed by atoms with Crippen molar-refractivity contribution in [3.05, 3.63) is 21.1 Å². The van der Waals surface area contributed by atoms with E-state index in [1.54, 1.807) is 6.07 Å². The van der Waals surface area contributed by atoms with Gasteiger partial charge in [-0.3, -0.25) is 0 Å². The first kappa shape index (κ1) is 9.81. The topological polar surface area (TPSA) is 42.2 Å². The largest absolute Gasteiger partial charge is 0.485 e. The molecule has 0 radical (unpaired) electrons. The third kappa shape index (κ3) is 1.72. The van der Waals surface area contributed by atoms with Crippen molar-refractivity contribution in [3.63, 3.8) is 0 Å². The number of rotatable bonds is 0. The fourth-order valence-electron chi connectivity index (χ4n) is 1.13. The van der Waals surface area contributed by atoms with Crippen LogP contribution in [0.1, 0.15) is 0 Å². The summed E-state index contributed by atoms with van der Waals surface area (Å²) in [7, 11) is 0. The van der Waals surface area contributed by atoms with Gasteiger partial charge in [0.2, 0.25) is 6.10 Å². The average molecular weight is 319 g/mol. The highest BCUT2D eigenvalue weighted by atomic mass is 79.9. The van der Waals surface area contributed by atoms with Crippen LogP contribution >= 0.6 is 31.9 Å². The second-order valence-corrected chi connectivity index (χ2v) is 4.47. The van der Waals surface area contributed by atoms with Crippen LogP contribution in [0.25, 0.3) is 0 Å². The van der Waals surface area contributed by atoms with Gasteiger partial charge in [-0.15, -0.1) is 0 Å². The SMILES string of the molecule is N#CC1COc2cc(Br)c(Br)cc2O1. The lowest BCUT2D eigenvalue weighted by molar-refractivity contribution is 0.127. The molecular formula is C9H5Br2NO2. The van der Waals surface area contributed by atoms with E-state index in [-0.39, 0.29) is 6.61 Å².